The quantitative estimate of drug-likeness (QED) is 0.876. The molecule has 2 aromatic heterocycles. The van der Waals surface area contributed by atoms with Crippen LogP contribution in [0.1, 0.15) is 39.7 Å². The summed E-state index contributed by atoms with van der Waals surface area (Å²) < 4.78 is 2.08. The zero-order valence-electron chi connectivity index (χ0n) is 12.3. The number of nitrogen functional groups attached to an aromatic ring is 1. The number of hydrogen-bond donors (Lipinski definition) is 2. The molecule has 6 heteroatoms. The van der Waals surface area contributed by atoms with Gasteiger partial charge in [0.25, 0.3) is 0 Å². The molecule has 2 heterocycles. The molecule has 0 amide bonds. The maximum Gasteiger partial charge on any atom is 0.165 e. The predicted octanol–water partition coefficient (Wildman–Crippen LogP) is 2.01. The molecule has 3 N–H and O–H groups in total. The van der Waals surface area contributed by atoms with Crippen LogP contribution in [-0.4, -0.2) is 31.2 Å². The highest BCUT2D eigenvalue weighted by atomic mass is 16.3. The van der Waals surface area contributed by atoms with Gasteiger partial charge in [0.15, 0.2) is 11.5 Å². The fraction of sp³-hybridized carbons (Fsp3) is 0.643. The van der Waals surface area contributed by atoms with Crippen molar-refractivity contribution in [3.05, 3.63) is 12.7 Å². The molecular formula is C14H23N5O. The largest absolute Gasteiger partial charge is 0.396 e. The van der Waals surface area contributed by atoms with Crippen LogP contribution in [0.15, 0.2) is 12.7 Å². The molecule has 0 aromatic carbocycles. The zero-order chi connectivity index (χ0) is 14.7. The van der Waals surface area contributed by atoms with Gasteiger partial charge in [-0.1, -0.05) is 20.8 Å². The highest BCUT2D eigenvalue weighted by Crippen LogP contribution is 2.40. The summed E-state index contributed by atoms with van der Waals surface area (Å²) in [5, 5.41) is 9.34. The van der Waals surface area contributed by atoms with Crippen LogP contribution in [0.5, 0.6) is 0 Å². The zero-order valence-corrected chi connectivity index (χ0v) is 12.3. The summed E-state index contributed by atoms with van der Waals surface area (Å²) in [6.07, 6.45) is 5.35. The molecule has 1 aliphatic carbocycles. The number of nitrogens with two attached hydrogens (primary N) is 1. The van der Waals surface area contributed by atoms with Crippen molar-refractivity contribution < 1.29 is 5.11 Å². The van der Waals surface area contributed by atoms with E-state index < -0.39 is 0 Å². The van der Waals surface area contributed by atoms with Crippen molar-refractivity contribution in [3.63, 3.8) is 0 Å². The maximum atomic E-state index is 9.34. The predicted molar refractivity (Wildman–Crippen MR) is 79.1 cm³/mol. The van der Waals surface area contributed by atoms with E-state index in [0.29, 0.717) is 29.2 Å². The van der Waals surface area contributed by atoms with Gasteiger partial charge in [-0.25, -0.2) is 15.0 Å². The van der Waals surface area contributed by atoms with Crippen molar-refractivity contribution in [3.8, 4) is 0 Å². The first-order valence-electron chi connectivity index (χ1n) is 7.26. The van der Waals surface area contributed by atoms with Crippen molar-refractivity contribution in [2.45, 2.75) is 39.7 Å². The van der Waals surface area contributed by atoms with Gasteiger partial charge in [-0.3, -0.25) is 0 Å². The topological polar surface area (TPSA) is 89.8 Å². The molecule has 1 aliphatic rings. The molecule has 0 radical (unpaired) electrons. The summed E-state index contributed by atoms with van der Waals surface area (Å²) in [5.41, 5.74) is 7.24. The third kappa shape index (κ3) is 2.35. The van der Waals surface area contributed by atoms with E-state index in [1.165, 1.54) is 6.33 Å². The van der Waals surface area contributed by atoms with E-state index in [4.69, 9.17) is 5.73 Å². The van der Waals surface area contributed by atoms with E-state index >= 15 is 0 Å². The smallest absolute Gasteiger partial charge is 0.165 e. The first-order chi connectivity index (χ1) is 9.72. The summed E-state index contributed by atoms with van der Waals surface area (Å²) >= 11 is 0. The average Bonchev–Trinajstić information content (AvgIpc) is 3.05. The Morgan fingerprint density at radius 2 is 2.05 bits per heavy atom. The Bertz CT molecular complexity index is 568. The Labute approximate surface area is 119 Å². The molecule has 0 bridgehead atoms. The molecule has 3 rings (SSSR count). The standard InChI is InChI=1S/C12H17N5O.C2H6/c1-7-8(4-18)2-3-9(7)17-6-16-10-11(13)14-5-15-12(10)17;1-2/h5-9,18H,2-4H2,1H3,(H2,13,14,15);1-2H3. The molecular weight excluding hydrogens is 254 g/mol. The van der Waals surface area contributed by atoms with Crippen molar-refractivity contribution in [1.29, 1.82) is 0 Å². The Kier molecular flexibility index (Phi) is 4.54. The number of aliphatic hydroxyl groups is 1. The van der Waals surface area contributed by atoms with Crippen LogP contribution in [0.25, 0.3) is 11.2 Å². The molecule has 0 saturated heterocycles. The molecule has 0 aliphatic heterocycles. The number of aliphatic hydroxyl groups excluding tert-OH is 1. The van der Waals surface area contributed by atoms with Gasteiger partial charge in [-0.15, -0.1) is 0 Å². The van der Waals surface area contributed by atoms with Crippen LogP contribution < -0.4 is 5.73 Å². The van der Waals surface area contributed by atoms with Gasteiger partial charge < -0.3 is 15.4 Å². The van der Waals surface area contributed by atoms with Crippen molar-refractivity contribution in [2.75, 3.05) is 12.3 Å². The molecule has 3 unspecified atom stereocenters. The van der Waals surface area contributed by atoms with Gasteiger partial charge in [0.1, 0.15) is 11.8 Å². The van der Waals surface area contributed by atoms with Crippen LogP contribution >= 0.6 is 0 Å². The number of anilines is 1. The lowest BCUT2D eigenvalue weighted by molar-refractivity contribution is 0.189. The highest BCUT2D eigenvalue weighted by Gasteiger charge is 2.34. The van der Waals surface area contributed by atoms with Crippen LogP contribution in [0, 0.1) is 11.8 Å². The molecule has 2 aromatic rings. The SMILES string of the molecule is CC.CC1C(CO)CCC1n1cnc2c(N)ncnc21. The third-order valence-corrected chi connectivity index (χ3v) is 4.16. The second kappa shape index (κ2) is 6.17. The first kappa shape index (κ1) is 14.7. The minimum Gasteiger partial charge on any atom is -0.396 e. The molecule has 110 valence electrons. The fourth-order valence-electron chi connectivity index (χ4n) is 2.99. The Hall–Kier alpha value is -1.69. The van der Waals surface area contributed by atoms with E-state index in [9.17, 15) is 5.11 Å². The minimum absolute atomic E-state index is 0.251. The Morgan fingerprint density at radius 3 is 2.70 bits per heavy atom. The summed E-state index contributed by atoms with van der Waals surface area (Å²) in [6.45, 7) is 6.43. The second-order valence-electron chi connectivity index (χ2n) is 5.03. The highest BCUT2D eigenvalue weighted by molar-refractivity contribution is 5.81. The lowest BCUT2D eigenvalue weighted by Crippen LogP contribution is -2.17. The van der Waals surface area contributed by atoms with Crippen LogP contribution in [0.4, 0.5) is 5.82 Å². The Balaban J connectivity index is 0.000000704. The number of rotatable bonds is 2. The third-order valence-electron chi connectivity index (χ3n) is 4.16. The minimum atomic E-state index is 0.251. The molecule has 1 fully saturated rings. The van der Waals surface area contributed by atoms with Crippen molar-refractivity contribution >= 4 is 17.0 Å². The van der Waals surface area contributed by atoms with E-state index in [0.717, 1.165) is 18.5 Å². The van der Waals surface area contributed by atoms with E-state index in [1.807, 2.05) is 13.8 Å². The van der Waals surface area contributed by atoms with Crippen molar-refractivity contribution in [2.24, 2.45) is 11.8 Å². The van der Waals surface area contributed by atoms with Gasteiger partial charge in [-0.2, -0.15) is 0 Å². The number of hydrogen-bond acceptors (Lipinski definition) is 5. The lowest BCUT2D eigenvalue weighted by Gasteiger charge is -2.20. The monoisotopic (exact) mass is 277 g/mol. The number of fused-ring (bicyclic) bond motifs is 1. The van der Waals surface area contributed by atoms with E-state index in [2.05, 4.69) is 26.4 Å². The summed E-state index contributed by atoms with van der Waals surface area (Å²) in [4.78, 5) is 12.5. The second-order valence-corrected chi connectivity index (χ2v) is 5.03. The molecule has 0 spiro atoms. The van der Waals surface area contributed by atoms with Crippen molar-refractivity contribution in [1.82, 2.24) is 19.5 Å². The average molecular weight is 277 g/mol. The first-order valence-corrected chi connectivity index (χ1v) is 7.26. The summed E-state index contributed by atoms with van der Waals surface area (Å²) in [5.74, 6) is 1.21. The van der Waals surface area contributed by atoms with Gasteiger partial charge in [0.2, 0.25) is 0 Å². The maximum absolute atomic E-state index is 9.34. The lowest BCUT2D eigenvalue weighted by atomic mass is 9.96. The van der Waals surface area contributed by atoms with Gasteiger partial charge in [0, 0.05) is 12.6 Å². The normalized spacial score (nSPS) is 25.5. The molecule has 20 heavy (non-hydrogen) atoms. The van der Waals surface area contributed by atoms with Crippen LogP contribution in [0.2, 0.25) is 0 Å². The number of nitrogens with zero attached hydrogens (tertiary/aromatic N) is 4. The molecule has 3 atom stereocenters. The number of imidazole rings is 1. The van der Waals surface area contributed by atoms with Crippen LogP contribution in [0.3, 0.4) is 0 Å². The van der Waals surface area contributed by atoms with E-state index in [1.54, 1.807) is 6.33 Å². The van der Waals surface area contributed by atoms with Gasteiger partial charge in [0.05, 0.1) is 6.33 Å². The van der Waals surface area contributed by atoms with E-state index in [-0.39, 0.29) is 6.61 Å². The molecule has 6 nitrogen and oxygen atoms in total. The van der Waals surface area contributed by atoms with Gasteiger partial charge in [-0.05, 0) is 24.7 Å². The van der Waals surface area contributed by atoms with Crippen LogP contribution in [-0.2, 0) is 0 Å². The summed E-state index contributed by atoms with van der Waals surface area (Å²) in [6, 6.07) is 0.335. The summed E-state index contributed by atoms with van der Waals surface area (Å²) in [7, 11) is 0. The van der Waals surface area contributed by atoms with Gasteiger partial charge >= 0.3 is 0 Å². The molecule has 1 saturated carbocycles. The number of aromatic nitrogens is 4. The fourth-order valence-corrected chi connectivity index (χ4v) is 2.99. The Morgan fingerprint density at radius 1 is 1.30 bits per heavy atom.